The first-order valence-corrected chi connectivity index (χ1v) is 12.3. The molecule has 0 saturated carbocycles. The molecule has 0 aromatic heterocycles. The Morgan fingerprint density at radius 3 is 2.09 bits per heavy atom. The number of anilines is 2. The van der Waals surface area contributed by atoms with Gasteiger partial charge in [0, 0.05) is 28.6 Å². The highest BCUT2D eigenvalue weighted by Crippen LogP contribution is 2.43. The molecule has 0 bridgehead atoms. The quantitative estimate of drug-likeness (QED) is 0.436. The van der Waals surface area contributed by atoms with Gasteiger partial charge in [-0.1, -0.05) is 54.6 Å². The minimum atomic E-state index is -0.376. The van der Waals surface area contributed by atoms with E-state index in [9.17, 15) is 0 Å². The van der Waals surface area contributed by atoms with Gasteiger partial charge in [0.15, 0.2) is 0 Å². The fourth-order valence-electron chi connectivity index (χ4n) is 4.97. The molecule has 4 nitrogen and oxygen atoms in total. The van der Waals surface area contributed by atoms with Crippen LogP contribution < -0.4 is 15.1 Å². The van der Waals surface area contributed by atoms with Crippen LogP contribution in [0.15, 0.2) is 103 Å². The summed E-state index contributed by atoms with van der Waals surface area (Å²) in [6.07, 6.45) is 6.70. The first-order chi connectivity index (χ1) is 16.8. The maximum atomic E-state index is 6.30. The Balaban J connectivity index is 1.32. The van der Waals surface area contributed by atoms with Gasteiger partial charge in [-0.15, -0.1) is 0 Å². The van der Waals surface area contributed by atoms with Crippen LogP contribution >= 0.6 is 0 Å². The lowest BCUT2D eigenvalue weighted by atomic mass is 9.79. The van der Waals surface area contributed by atoms with Crippen LogP contribution in [0.2, 0.25) is 0 Å². The topological polar surface area (TPSA) is 30.9 Å². The van der Waals surface area contributed by atoms with Crippen LogP contribution in [0, 0.1) is 0 Å². The van der Waals surface area contributed by atoms with Crippen molar-refractivity contribution < 1.29 is 14.0 Å². The van der Waals surface area contributed by atoms with Crippen molar-refractivity contribution >= 4 is 24.0 Å². The van der Waals surface area contributed by atoms with Crippen LogP contribution in [0.3, 0.4) is 0 Å². The van der Waals surface area contributed by atoms with E-state index in [-0.39, 0.29) is 30.3 Å². The molecule has 176 valence electrons. The molecule has 2 aliphatic heterocycles. The van der Waals surface area contributed by atoms with Gasteiger partial charge in [0.25, 0.3) is 0 Å². The summed E-state index contributed by atoms with van der Waals surface area (Å²) in [6, 6.07) is 27.2. The molecule has 1 fully saturated rings. The van der Waals surface area contributed by atoms with Crippen LogP contribution in [0.25, 0.3) is 0 Å². The Morgan fingerprint density at radius 1 is 0.743 bits per heavy atom. The minimum Gasteiger partial charge on any atom is -0.485 e. The van der Waals surface area contributed by atoms with Crippen LogP contribution in [0.5, 0.6) is 5.75 Å². The second-order valence-electron chi connectivity index (χ2n) is 10.4. The summed E-state index contributed by atoms with van der Waals surface area (Å²) in [5.41, 5.74) is 4.81. The van der Waals surface area contributed by atoms with Gasteiger partial charge in [0.1, 0.15) is 11.9 Å². The van der Waals surface area contributed by atoms with Crippen molar-refractivity contribution in [2.24, 2.45) is 0 Å². The van der Waals surface area contributed by atoms with Gasteiger partial charge in [-0.05, 0) is 75.6 Å². The van der Waals surface area contributed by atoms with Crippen molar-refractivity contribution in [3.05, 3.63) is 108 Å². The predicted octanol–water partition coefficient (Wildman–Crippen LogP) is 6.12. The van der Waals surface area contributed by atoms with Crippen LogP contribution in [-0.2, 0) is 9.31 Å². The van der Waals surface area contributed by atoms with Crippen LogP contribution in [-0.4, -0.2) is 24.4 Å². The molecule has 0 N–H and O–H groups in total. The molecular weight excluding hydrogens is 433 g/mol. The van der Waals surface area contributed by atoms with E-state index in [1.807, 2.05) is 12.1 Å². The summed E-state index contributed by atoms with van der Waals surface area (Å²) in [5.74, 6) is 1.22. The monoisotopic (exact) mass is 463 g/mol. The Kier molecular flexibility index (Phi) is 5.17. The number of rotatable bonds is 4. The van der Waals surface area contributed by atoms with Gasteiger partial charge >= 0.3 is 7.12 Å². The summed E-state index contributed by atoms with van der Waals surface area (Å²) in [5, 5.41) is 0. The molecule has 2 atom stereocenters. The highest BCUT2D eigenvalue weighted by molar-refractivity contribution is 6.62. The van der Waals surface area contributed by atoms with Crippen molar-refractivity contribution in [1.29, 1.82) is 0 Å². The van der Waals surface area contributed by atoms with E-state index < -0.39 is 0 Å². The Bertz CT molecular complexity index is 1280. The molecule has 3 aliphatic rings. The van der Waals surface area contributed by atoms with Crippen molar-refractivity contribution in [3.63, 3.8) is 0 Å². The summed E-state index contributed by atoms with van der Waals surface area (Å²) in [7, 11) is -0.376. The highest BCUT2D eigenvalue weighted by Gasteiger charge is 2.51. The molecule has 2 heterocycles. The van der Waals surface area contributed by atoms with Crippen molar-refractivity contribution in [3.8, 4) is 5.75 Å². The molecule has 0 amide bonds. The molecule has 1 aliphatic carbocycles. The lowest BCUT2D eigenvalue weighted by Gasteiger charge is -2.32. The zero-order valence-corrected chi connectivity index (χ0v) is 20.6. The second kappa shape index (κ2) is 8.15. The Hall–Kier alpha value is -3.28. The highest BCUT2D eigenvalue weighted by atomic mass is 16.7. The Morgan fingerprint density at radius 2 is 1.37 bits per heavy atom. The normalized spacial score (nSPS) is 23.3. The molecule has 6 rings (SSSR count). The molecule has 3 aromatic carbocycles. The standard InChI is InChI=1S/C30H30BNO3/c1-29(2)30(3,4)35-31(34-29)21-14-16-23(17-15-21)32(22-10-6-5-7-11-22)24-18-19-26-25-12-8-9-13-27(25)33-28(26)20-24/h5-20,26,28H,1-4H3. The zero-order chi connectivity index (χ0) is 24.2. The molecule has 0 spiro atoms. The predicted molar refractivity (Wildman–Crippen MR) is 142 cm³/mol. The van der Waals surface area contributed by atoms with Gasteiger partial charge in [-0.3, -0.25) is 0 Å². The van der Waals surface area contributed by atoms with Gasteiger partial charge in [-0.2, -0.15) is 0 Å². The first kappa shape index (κ1) is 22.2. The number of para-hydroxylation sites is 2. The number of ether oxygens (including phenoxy) is 1. The summed E-state index contributed by atoms with van der Waals surface area (Å²) in [4.78, 5) is 2.27. The lowest BCUT2D eigenvalue weighted by molar-refractivity contribution is 0.00578. The lowest BCUT2D eigenvalue weighted by Crippen LogP contribution is -2.41. The average molecular weight is 463 g/mol. The van der Waals surface area contributed by atoms with Gasteiger partial charge in [0.2, 0.25) is 0 Å². The maximum Gasteiger partial charge on any atom is 0.494 e. The molecule has 3 aromatic rings. The minimum absolute atomic E-state index is 0.0114. The third-order valence-corrected chi connectivity index (χ3v) is 7.65. The summed E-state index contributed by atoms with van der Waals surface area (Å²) >= 11 is 0. The van der Waals surface area contributed by atoms with E-state index in [0.717, 1.165) is 28.3 Å². The van der Waals surface area contributed by atoms with Crippen LogP contribution in [0.4, 0.5) is 11.4 Å². The van der Waals surface area contributed by atoms with Crippen LogP contribution in [0.1, 0.15) is 39.2 Å². The van der Waals surface area contributed by atoms with E-state index in [2.05, 4.69) is 118 Å². The fourth-order valence-corrected chi connectivity index (χ4v) is 4.97. The average Bonchev–Trinajstić information content (AvgIpc) is 3.33. The second-order valence-corrected chi connectivity index (χ2v) is 10.4. The van der Waals surface area contributed by atoms with E-state index in [1.54, 1.807) is 0 Å². The maximum absolute atomic E-state index is 6.30. The van der Waals surface area contributed by atoms with Gasteiger partial charge in [0.05, 0.1) is 11.2 Å². The number of hydrogen-bond donors (Lipinski definition) is 0. The molecule has 0 radical (unpaired) electrons. The molecule has 5 heteroatoms. The number of benzene rings is 3. The van der Waals surface area contributed by atoms with E-state index in [0.29, 0.717) is 0 Å². The van der Waals surface area contributed by atoms with Crippen molar-refractivity contribution in [2.75, 3.05) is 4.90 Å². The summed E-state index contributed by atoms with van der Waals surface area (Å²) in [6.45, 7) is 8.32. The van der Waals surface area contributed by atoms with E-state index in [4.69, 9.17) is 14.0 Å². The van der Waals surface area contributed by atoms with Crippen molar-refractivity contribution in [2.45, 2.75) is 50.9 Å². The SMILES string of the molecule is CC1(C)OB(c2ccc(N(C3=CC4Oc5ccccc5C4C=C3)c3ccccc3)cc2)OC1(C)C. The number of nitrogens with zero attached hydrogens (tertiary/aromatic N) is 1. The van der Waals surface area contributed by atoms with E-state index in [1.165, 1.54) is 5.56 Å². The van der Waals surface area contributed by atoms with E-state index >= 15 is 0 Å². The third kappa shape index (κ3) is 3.80. The summed E-state index contributed by atoms with van der Waals surface area (Å²) < 4.78 is 18.8. The zero-order valence-electron chi connectivity index (χ0n) is 20.6. The van der Waals surface area contributed by atoms with Gasteiger partial charge < -0.3 is 18.9 Å². The third-order valence-electron chi connectivity index (χ3n) is 7.65. The molecular formula is C30H30BNO3. The number of fused-ring (bicyclic) bond motifs is 3. The smallest absolute Gasteiger partial charge is 0.485 e. The Labute approximate surface area is 208 Å². The molecule has 2 unspecified atom stereocenters. The number of hydrogen-bond acceptors (Lipinski definition) is 4. The largest absolute Gasteiger partial charge is 0.494 e. The first-order valence-electron chi connectivity index (χ1n) is 12.3. The van der Waals surface area contributed by atoms with Gasteiger partial charge in [-0.25, -0.2) is 0 Å². The molecule has 1 saturated heterocycles. The number of allylic oxidation sites excluding steroid dienone is 1. The van der Waals surface area contributed by atoms with Crippen molar-refractivity contribution in [1.82, 2.24) is 0 Å². The molecule has 35 heavy (non-hydrogen) atoms. The fraction of sp³-hybridized carbons (Fsp3) is 0.267.